The van der Waals surface area contributed by atoms with E-state index in [0.29, 0.717) is 10.7 Å². The molecule has 0 amide bonds. The van der Waals surface area contributed by atoms with E-state index in [9.17, 15) is 0 Å². The second-order valence-electron chi connectivity index (χ2n) is 3.92. The molecule has 0 atom stereocenters. The molecule has 0 unspecified atom stereocenters. The van der Waals surface area contributed by atoms with Crippen LogP contribution in [0.2, 0.25) is 5.02 Å². The van der Waals surface area contributed by atoms with Gasteiger partial charge in [-0.15, -0.1) is 0 Å². The van der Waals surface area contributed by atoms with Gasteiger partial charge in [0.05, 0.1) is 0 Å². The summed E-state index contributed by atoms with van der Waals surface area (Å²) in [5.41, 5.74) is 19.0. The third-order valence-corrected chi connectivity index (χ3v) is 2.94. The molecule has 2 rings (SSSR count). The van der Waals surface area contributed by atoms with Crippen molar-refractivity contribution in [3.05, 3.63) is 69.6 Å². The first-order valence-corrected chi connectivity index (χ1v) is 5.83. The van der Waals surface area contributed by atoms with Gasteiger partial charge < -0.3 is 17.2 Å². The van der Waals surface area contributed by atoms with Crippen LogP contribution in [0, 0.1) is 0 Å². The number of halogens is 1. The van der Waals surface area contributed by atoms with Gasteiger partial charge in [-0.3, -0.25) is 0 Å². The molecule has 0 radical (unpaired) electrons. The van der Waals surface area contributed by atoms with E-state index in [2.05, 4.69) is 0 Å². The van der Waals surface area contributed by atoms with Crippen LogP contribution < -0.4 is 27.6 Å². The Bertz CT molecular complexity index is 671. The summed E-state index contributed by atoms with van der Waals surface area (Å²) < 4.78 is 0. The molecule has 0 saturated carbocycles. The molecule has 0 spiro atoms. The van der Waals surface area contributed by atoms with Crippen LogP contribution >= 0.6 is 11.6 Å². The van der Waals surface area contributed by atoms with E-state index in [4.69, 9.17) is 28.8 Å². The van der Waals surface area contributed by atoms with Gasteiger partial charge in [-0.05, 0) is 17.7 Å². The highest BCUT2D eigenvalue weighted by atomic mass is 35.5. The van der Waals surface area contributed by atoms with Gasteiger partial charge >= 0.3 is 0 Å². The summed E-state index contributed by atoms with van der Waals surface area (Å²) in [5.74, 6) is 0.252. The first kappa shape index (κ1) is 12.3. The Kier molecular flexibility index (Phi) is 3.44. The highest BCUT2D eigenvalue weighted by Gasteiger charge is 1.99. The predicted molar refractivity (Wildman–Crippen MR) is 75.6 cm³/mol. The molecular formula is C14H14ClN3. The third-order valence-electron chi connectivity index (χ3n) is 2.68. The molecule has 18 heavy (non-hydrogen) atoms. The van der Waals surface area contributed by atoms with Crippen LogP contribution in [-0.4, -0.2) is 0 Å². The summed E-state index contributed by atoms with van der Waals surface area (Å²) in [7, 11) is 0. The number of hydrogen-bond donors (Lipinski definition) is 3. The van der Waals surface area contributed by atoms with Crippen LogP contribution in [0.1, 0.15) is 5.56 Å². The zero-order valence-corrected chi connectivity index (χ0v) is 10.5. The lowest BCUT2D eigenvalue weighted by atomic mass is 10.1. The molecule has 0 bridgehead atoms. The number of rotatable bonds is 1. The maximum absolute atomic E-state index is 6.15. The Balaban J connectivity index is 2.76. The lowest BCUT2D eigenvalue weighted by molar-refractivity contribution is 1.33. The monoisotopic (exact) mass is 259 g/mol. The Morgan fingerprint density at radius 2 is 1.33 bits per heavy atom. The van der Waals surface area contributed by atoms with Crippen molar-refractivity contribution in [3.8, 4) is 0 Å². The highest BCUT2D eigenvalue weighted by molar-refractivity contribution is 6.30. The van der Waals surface area contributed by atoms with Crippen molar-refractivity contribution in [2.75, 3.05) is 0 Å². The molecular weight excluding hydrogens is 246 g/mol. The molecule has 0 aromatic heterocycles. The van der Waals surface area contributed by atoms with E-state index in [-0.39, 0.29) is 5.82 Å². The number of hydrogen-bond acceptors (Lipinski definition) is 3. The normalized spacial score (nSPS) is 12.1. The van der Waals surface area contributed by atoms with Crippen LogP contribution in [-0.2, 0) is 0 Å². The summed E-state index contributed by atoms with van der Waals surface area (Å²) in [6.07, 6.45) is 0. The third kappa shape index (κ3) is 2.41. The minimum atomic E-state index is 0.252. The SMILES string of the molecule is NC(N)=c1cccc/c1=C(/N)c1ccc(Cl)cc1. The summed E-state index contributed by atoms with van der Waals surface area (Å²) in [5, 5.41) is 2.23. The van der Waals surface area contributed by atoms with Gasteiger partial charge in [0.1, 0.15) is 5.82 Å². The molecule has 2 aromatic carbocycles. The van der Waals surface area contributed by atoms with Gasteiger partial charge in [-0.25, -0.2) is 0 Å². The average Bonchev–Trinajstić information content (AvgIpc) is 2.39. The number of nitrogens with two attached hydrogens (primary N) is 3. The molecule has 0 saturated heterocycles. The molecule has 0 aliphatic rings. The van der Waals surface area contributed by atoms with E-state index in [1.165, 1.54) is 0 Å². The largest absolute Gasteiger partial charge is 0.398 e. The van der Waals surface area contributed by atoms with Gasteiger partial charge in [-0.1, -0.05) is 48.0 Å². The van der Waals surface area contributed by atoms with Crippen molar-refractivity contribution in [3.63, 3.8) is 0 Å². The minimum Gasteiger partial charge on any atom is -0.398 e. The standard InChI is InChI=1S/C14H14ClN3/c15-10-7-5-9(6-8-10)13(16)11-3-1-2-4-12(11)14(17)18/h1-8H,16-18H2/b13-11-. The predicted octanol–water partition coefficient (Wildman–Crippen LogP) is 0.438. The van der Waals surface area contributed by atoms with Crippen LogP contribution in [0.15, 0.2) is 48.5 Å². The van der Waals surface area contributed by atoms with E-state index < -0.39 is 0 Å². The van der Waals surface area contributed by atoms with E-state index >= 15 is 0 Å². The van der Waals surface area contributed by atoms with E-state index in [1.54, 1.807) is 12.1 Å². The highest BCUT2D eigenvalue weighted by Crippen LogP contribution is 2.12. The second kappa shape index (κ2) is 5.02. The molecule has 0 aliphatic heterocycles. The summed E-state index contributed by atoms with van der Waals surface area (Å²) in [6, 6.07) is 14.8. The van der Waals surface area contributed by atoms with Crippen molar-refractivity contribution >= 4 is 23.1 Å². The smallest absolute Gasteiger partial charge is 0.101 e. The fraction of sp³-hybridized carbons (Fsp3) is 0. The van der Waals surface area contributed by atoms with Crippen molar-refractivity contribution in [2.24, 2.45) is 17.2 Å². The summed E-state index contributed by atoms with van der Waals surface area (Å²) in [4.78, 5) is 0. The molecule has 4 heteroatoms. The molecule has 0 aliphatic carbocycles. The van der Waals surface area contributed by atoms with Gasteiger partial charge in [0.15, 0.2) is 0 Å². The van der Waals surface area contributed by atoms with Crippen molar-refractivity contribution in [2.45, 2.75) is 0 Å². The van der Waals surface area contributed by atoms with Crippen molar-refractivity contribution in [1.82, 2.24) is 0 Å². The van der Waals surface area contributed by atoms with Crippen molar-refractivity contribution < 1.29 is 0 Å². The zero-order valence-electron chi connectivity index (χ0n) is 9.73. The second-order valence-corrected chi connectivity index (χ2v) is 4.36. The number of benzene rings is 2. The van der Waals surface area contributed by atoms with Crippen LogP contribution in [0.5, 0.6) is 0 Å². The Morgan fingerprint density at radius 3 is 1.89 bits per heavy atom. The molecule has 0 fully saturated rings. The minimum absolute atomic E-state index is 0.252. The lowest BCUT2D eigenvalue weighted by Gasteiger charge is -2.03. The lowest BCUT2D eigenvalue weighted by Crippen LogP contribution is -2.36. The summed E-state index contributed by atoms with van der Waals surface area (Å²) in [6.45, 7) is 0. The molecule has 0 heterocycles. The van der Waals surface area contributed by atoms with Crippen LogP contribution in [0.3, 0.4) is 0 Å². The van der Waals surface area contributed by atoms with Gasteiger partial charge in [0.25, 0.3) is 0 Å². The first-order valence-electron chi connectivity index (χ1n) is 5.45. The quantitative estimate of drug-likeness (QED) is 0.695. The molecule has 6 N–H and O–H groups in total. The van der Waals surface area contributed by atoms with Crippen LogP contribution in [0.25, 0.3) is 11.5 Å². The fourth-order valence-corrected chi connectivity index (χ4v) is 1.88. The maximum Gasteiger partial charge on any atom is 0.101 e. The van der Waals surface area contributed by atoms with Gasteiger partial charge in [0.2, 0.25) is 0 Å². The van der Waals surface area contributed by atoms with Gasteiger partial charge in [0, 0.05) is 21.2 Å². The van der Waals surface area contributed by atoms with Crippen molar-refractivity contribution in [1.29, 1.82) is 0 Å². The zero-order chi connectivity index (χ0) is 13.1. The first-order chi connectivity index (χ1) is 8.59. The summed E-state index contributed by atoms with van der Waals surface area (Å²) >= 11 is 5.85. The van der Waals surface area contributed by atoms with E-state index in [0.717, 1.165) is 16.0 Å². The fourth-order valence-electron chi connectivity index (χ4n) is 1.75. The van der Waals surface area contributed by atoms with Gasteiger partial charge in [-0.2, -0.15) is 0 Å². The molecule has 3 nitrogen and oxygen atoms in total. The Labute approximate surface area is 110 Å². The Hall–Kier alpha value is -2.13. The molecule has 2 aromatic rings. The average molecular weight is 260 g/mol. The Morgan fingerprint density at radius 1 is 0.778 bits per heavy atom. The molecule has 92 valence electrons. The van der Waals surface area contributed by atoms with Crippen LogP contribution in [0.4, 0.5) is 0 Å². The maximum atomic E-state index is 6.15. The van der Waals surface area contributed by atoms with E-state index in [1.807, 2.05) is 36.4 Å². The topological polar surface area (TPSA) is 78.1 Å².